The molecule has 23 heavy (non-hydrogen) atoms. The first-order valence-electron chi connectivity index (χ1n) is 7.18. The van der Waals surface area contributed by atoms with Crippen LogP contribution in [0.25, 0.3) is 21.8 Å². The van der Waals surface area contributed by atoms with Crippen LogP contribution in [0.5, 0.6) is 0 Å². The molecule has 4 heteroatoms. The van der Waals surface area contributed by atoms with Crippen LogP contribution in [-0.4, -0.2) is 0 Å². The van der Waals surface area contributed by atoms with Gasteiger partial charge < -0.3 is 24.8 Å². The Morgan fingerprint density at radius 3 is 1.74 bits per heavy atom. The molecular weight excluding hydrogens is 327 g/mol. The van der Waals surface area contributed by atoms with Crippen molar-refractivity contribution in [2.45, 2.75) is 6.42 Å². The van der Waals surface area contributed by atoms with Gasteiger partial charge in [0.25, 0.3) is 0 Å². The normalized spacial score (nSPS) is 10.1. The van der Waals surface area contributed by atoms with Gasteiger partial charge >= 0.3 is 0 Å². The molecule has 4 aromatic rings. The number of H-pyrrole nitrogens is 2. The summed E-state index contributed by atoms with van der Waals surface area (Å²) in [5, 5.41) is 2.59. The van der Waals surface area contributed by atoms with E-state index in [-0.39, 0.29) is 24.8 Å². The zero-order chi connectivity index (χ0) is 14.1. The van der Waals surface area contributed by atoms with Gasteiger partial charge in [-0.2, -0.15) is 0 Å². The minimum atomic E-state index is 0. The highest BCUT2D eigenvalue weighted by Gasteiger charge is 2.13. The van der Waals surface area contributed by atoms with Gasteiger partial charge in [0.15, 0.2) is 12.4 Å². The van der Waals surface area contributed by atoms with Gasteiger partial charge in [-0.25, -0.2) is 9.97 Å². The molecule has 0 bridgehead atoms. The predicted molar refractivity (Wildman–Crippen MR) is 83.8 cm³/mol. The highest BCUT2D eigenvalue weighted by atomic mass is 35.5. The van der Waals surface area contributed by atoms with Gasteiger partial charge in [-0.1, -0.05) is 24.3 Å². The van der Waals surface area contributed by atoms with Crippen LogP contribution in [0.15, 0.2) is 73.1 Å². The van der Waals surface area contributed by atoms with Gasteiger partial charge in [0.1, 0.15) is 0 Å². The summed E-state index contributed by atoms with van der Waals surface area (Å²) in [4.78, 5) is 6.62. The highest BCUT2D eigenvalue weighted by molar-refractivity contribution is 5.93. The van der Waals surface area contributed by atoms with Gasteiger partial charge in [-0.15, -0.1) is 0 Å². The minimum Gasteiger partial charge on any atom is -1.00 e. The molecule has 0 radical (unpaired) electrons. The fourth-order valence-corrected chi connectivity index (χ4v) is 2.93. The fourth-order valence-electron chi connectivity index (χ4n) is 2.93. The number of aromatic amines is 2. The second-order valence-electron chi connectivity index (χ2n) is 5.28. The predicted octanol–water partition coefficient (Wildman–Crippen LogP) is -2.78. The third kappa shape index (κ3) is 3.29. The molecular formula is C19H16Cl2N2. The van der Waals surface area contributed by atoms with Crippen molar-refractivity contribution >= 4 is 21.8 Å². The maximum atomic E-state index is 3.53. The summed E-state index contributed by atoms with van der Waals surface area (Å²) >= 11 is 0. The Morgan fingerprint density at radius 1 is 0.652 bits per heavy atom. The maximum absolute atomic E-state index is 3.53. The molecule has 0 amide bonds. The average Bonchev–Trinajstić information content (AvgIpc) is 2.55. The van der Waals surface area contributed by atoms with E-state index in [0.29, 0.717) is 0 Å². The summed E-state index contributed by atoms with van der Waals surface area (Å²) in [6, 6.07) is 21.3. The van der Waals surface area contributed by atoms with Crippen molar-refractivity contribution < 1.29 is 34.8 Å². The molecule has 2 aromatic heterocycles. The quantitative estimate of drug-likeness (QED) is 0.353. The number of aromatic nitrogens is 2. The smallest absolute Gasteiger partial charge is 0.211 e. The first-order chi connectivity index (χ1) is 10.4. The van der Waals surface area contributed by atoms with E-state index in [2.05, 4.69) is 70.6 Å². The summed E-state index contributed by atoms with van der Waals surface area (Å²) in [5.74, 6) is 0. The lowest BCUT2D eigenvalue weighted by atomic mass is 9.97. The van der Waals surface area contributed by atoms with E-state index in [1.54, 1.807) is 0 Å². The molecule has 0 aliphatic rings. The molecule has 2 heterocycles. The number of hydrogen-bond donors (Lipinski definition) is 0. The molecule has 0 fully saturated rings. The van der Waals surface area contributed by atoms with E-state index in [1.165, 1.54) is 32.9 Å². The van der Waals surface area contributed by atoms with Crippen molar-refractivity contribution in [1.29, 1.82) is 0 Å². The summed E-state index contributed by atoms with van der Waals surface area (Å²) in [6.45, 7) is 0. The van der Waals surface area contributed by atoms with Crippen LogP contribution in [0.3, 0.4) is 0 Å². The van der Waals surface area contributed by atoms with Crippen LogP contribution < -0.4 is 34.8 Å². The molecule has 0 aliphatic heterocycles. The van der Waals surface area contributed by atoms with Crippen LogP contribution in [0.1, 0.15) is 11.1 Å². The Labute approximate surface area is 147 Å². The molecule has 0 saturated heterocycles. The van der Waals surface area contributed by atoms with Gasteiger partial charge in [-0.3, -0.25) is 0 Å². The lowest BCUT2D eigenvalue weighted by Crippen LogP contribution is -3.00. The summed E-state index contributed by atoms with van der Waals surface area (Å²) in [5.41, 5.74) is 5.07. The van der Waals surface area contributed by atoms with E-state index in [1.807, 2.05) is 12.4 Å². The molecule has 0 spiro atoms. The van der Waals surface area contributed by atoms with Crippen LogP contribution in [0.2, 0.25) is 0 Å². The van der Waals surface area contributed by atoms with E-state index < -0.39 is 0 Å². The number of rotatable bonds is 2. The van der Waals surface area contributed by atoms with Gasteiger partial charge in [0.05, 0.1) is 10.8 Å². The molecule has 0 aliphatic carbocycles. The number of para-hydroxylation sites is 2. The standard InChI is InChI=1S/C19H14N2.2ClH/c1-3-7-18-15(5-1)17(13-14-9-11-20-12-10-14)16-6-2-4-8-19(16)21-18;;/h1-12H,13H2;2*1H. The van der Waals surface area contributed by atoms with E-state index in [0.717, 1.165) is 6.42 Å². The molecule has 0 atom stereocenters. The van der Waals surface area contributed by atoms with Crippen LogP contribution >= 0.6 is 0 Å². The topological polar surface area (TPSA) is 28.3 Å². The first-order valence-corrected chi connectivity index (χ1v) is 7.18. The SMILES string of the molecule is [Cl-].[Cl-].c1ccc2c(Cc3cc[nH+]cc3)c3ccccc3[nH+]c2c1. The van der Waals surface area contributed by atoms with Gasteiger partial charge in [-0.05, 0) is 29.7 Å². The zero-order valence-corrected chi connectivity index (χ0v) is 13.9. The number of pyridine rings is 2. The molecule has 0 unspecified atom stereocenters. The van der Waals surface area contributed by atoms with Gasteiger partial charge in [0, 0.05) is 24.3 Å². The van der Waals surface area contributed by atoms with Crippen molar-refractivity contribution in [2.75, 3.05) is 0 Å². The Kier molecular flexibility index (Phi) is 5.54. The molecule has 2 N–H and O–H groups in total. The monoisotopic (exact) mass is 342 g/mol. The number of halogens is 2. The second-order valence-corrected chi connectivity index (χ2v) is 5.28. The number of hydrogen-bond acceptors (Lipinski definition) is 0. The lowest BCUT2D eigenvalue weighted by molar-refractivity contribution is -0.378. The Hall–Kier alpha value is -2.16. The molecule has 0 saturated carbocycles. The largest absolute Gasteiger partial charge is 1.00 e. The van der Waals surface area contributed by atoms with E-state index in [9.17, 15) is 0 Å². The molecule has 116 valence electrons. The Morgan fingerprint density at radius 2 is 1.17 bits per heavy atom. The number of fused-ring (bicyclic) bond motifs is 2. The molecule has 2 nitrogen and oxygen atoms in total. The van der Waals surface area contributed by atoms with Crippen molar-refractivity contribution in [3.63, 3.8) is 0 Å². The van der Waals surface area contributed by atoms with E-state index >= 15 is 0 Å². The van der Waals surface area contributed by atoms with Crippen LogP contribution in [-0.2, 0) is 6.42 Å². The molecule has 4 rings (SSSR count). The lowest BCUT2D eigenvalue weighted by Gasteiger charge is -2.06. The van der Waals surface area contributed by atoms with Crippen molar-refractivity contribution in [1.82, 2.24) is 0 Å². The molecule has 2 aromatic carbocycles. The summed E-state index contributed by atoms with van der Waals surface area (Å²) < 4.78 is 0. The zero-order valence-electron chi connectivity index (χ0n) is 12.4. The van der Waals surface area contributed by atoms with Crippen molar-refractivity contribution in [3.05, 3.63) is 84.2 Å². The van der Waals surface area contributed by atoms with Crippen LogP contribution in [0.4, 0.5) is 0 Å². The third-order valence-electron chi connectivity index (χ3n) is 3.94. The first kappa shape index (κ1) is 17.2. The van der Waals surface area contributed by atoms with Crippen LogP contribution in [0, 0.1) is 0 Å². The van der Waals surface area contributed by atoms with Gasteiger partial charge in [0.2, 0.25) is 11.0 Å². The highest BCUT2D eigenvalue weighted by Crippen LogP contribution is 2.25. The minimum absolute atomic E-state index is 0. The number of nitrogens with one attached hydrogen (secondary N) is 2. The fraction of sp³-hybridized carbons (Fsp3) is 0.0526. The van der Waals surface area contributed by atoms with Crippen molar-refractivity contribution in [2.24, 2.45) is 0 Å². The van der Waals surface area contributed by atoms with E-state index in [4.69, 9.17) is 0 Å². The average molecular weight is 343 g/mol. The third-order valence-corrected chi connectivity index (χ3v) is 3.94. The second kappa shape index (κ2) is 7.40. The summed E-state index contributed by atoms with van der Waals surface area (Å²) in [6.07, 6.45) is 4.90. The van der Waals surface area contributed by atoms with Crippen molar-refractivity contribution in [3.8, 4) is 0 Å². The number of benzene rings is 2. The Bertz CT molecular complexity index is 870. The Balaban J connectivity index is 0.000000960. The maximum Gasteiger partial charge on any atom is 0.211 e. The summed E-state index contributed by atoms with van der Waals surface area (Å²) in [7, 11) is 0.